The highest BCUT2D eigenvalue weighted by atomic mass is 14.9. The van der Waals surface area contributed by atoms with E-state index in [0.717, 1.165) is 33.6 Å². The quantitative estimate of drug-likeness (QED) is 0.172. The van der Waals surface area contributed by atoms with Gasteiger partial charge in [-0.2, -0.15) is 0 Å². The van der Waals surface area contributed by atoms with Crippen LogP contribution in [0, 0.1) is 0 Å². The van der Waals surface area contributed by atoms with Crippen molar-refractivity contribution in [2.75, 3.05) is 0 Å². The summed E-state index contributed by atoms with van der Waals surface area (Å²) in [6.45, 7) is 4.71. The zero-order valence-electron chi connectivity index (χ0n) is 30.9. The standard InChI is InChI=1S/C53H38N2/c1-53(2)47-23-13-22-45(51(47)46-32-41-18-9-10-19-42(41)33-48(46)53)43-20-11-12-21-44(43)50-34-49(54-52(55-50)40-16-7-4-8-17-40)39-30-28-38(29-31-39)37-26-24-36(25-27-37)35-14-5-3-6-15-35/h3-34H,1-2H3. The molecule has 0 unspecified atom stereocenters. The molecule has 8 aromatic carbocycles. The fourth-order valence-corrected chi connectivity index (χ4v) is 8.41. The van der Waals surface area contributed by atoms with Crippen molar-refractivity contribution >= 4 is 10.8 Å². The summed E-state index contributed by atoms with van der Waals surface area (Å²) in [6.07, 6.45) is 0. The topological polar surface area (TPSA) is 25.8 Å². The van der Waals surface area contributed by atoms with E-state index in [-0.39, 0.29) is 5.41 Å². The van der Waals surface area contributed by atoms with Gasteiger partial charge in [0.15, 0.2) is 5.82 Å². The fourth-order valence-electron chi connectivity index (χ4n) is 8.41. The molecule has 0 bridgehead atoms. The van der Waals surface area contributed by atoms with Gasteiger partial charge in [0.25, 0.3) is 0 Å². The largest absolute Gasteiger partial charge is 0.228 e. The van der Waals surface area contributed by atoms with Crippen LogP contribution >= 0.6 is 0 Å². The number of nitrogens with zero attached hydrogens (tertiary/aromatic N) is 2. The number of hydrogen-bond donors (Lipinski definition) is 0. The highest BCUT2D eigenvalue weighted by Crippen LogP contribution is 2.54. The Hall–Kier alpha value is -6.90. The van der Waals surface area contributed by atoms with Crippen LogP contribution in [-0.4, -0.2) is 9.97 Å². The first-order valence-corrected chi connectivity index (χ1v) is 19.0. The molecule has 0 aliphatic heterocycles. The van der Waals surface area contributed by atoms with Gasteiger partial charge in [0.05, 0.1) is 11.4 Å². The van der Waals surface area contributed by atoms with Crippen LogP contribution in [0.15, 0.2) is 194 Å². The van der Waals surface area contributed by atoms with Crippen LogP contribution in [0.2, 0.25) is 0 Å². The molecule has 1 aliphatic rings. The van der Waals surface area contributed by atoms with Crippen molar-refractivity contribution in [2.24, 2.45) is 0 Å². The molecule has 0 atom stereocenters. The summed E-state index contributed by atoms with van der Waals surface area (Å²) in [5, 5.41) is 2.54. The van der Waals surface area contributed by atoms with E-state index >= 15 is 0 Å². The van der Waals surface area contributed by atoms with Gasteiger partial charge in [-0.05, 0) is 84.6 Å². The molecule has 1 aromatic heterocycles. The smallest absolute Gasteiger partial charge is 0.160 e. The van der Waals surface area contributed by atoms with Gasteiger partial charge in [0.2, 0.25) is 0 Å². The zero-order chi connectivity index (χ0) is 36.9. The molecule has 0 saturated heterocycles. The van der Waals surface area contributed by atoms with Crippen molar-refractivity contribution in [1.29, 1.82) is 0 Å². The third kappa shape index (κ3) is 5.75. The summed E-state index contributed by atoms with van der Waals surface area (Å²) in [6, 6.07) is 69.5. The monoisotopic (exact) mass is 702 g/mol. The zero-order valence-corrected chi connectivity index (χ0v) is 30.9. The lowest BCUT2D eigenvalue weighted by Crippen LogP contribution is -2.14. The van der Waals surface area contributed by atoms with E-state index in [9.17, 15) is 0 Å². The van der Waals surface area contributed by atoms with E-state index < -0.39 is 0 Å². The van der Waals surface area contributed by atoms with Crippen LogP contribution in [0.4, 0.5) is 0 Å². The van der Waals surface area contributed by atoms with Gasteiger partial charge in [0, 0.05) is 22.1 Å². The van der Waals surface area contributed by atoms with Gasteiger partial charge >= 0.3 is 0 Å². The molecule has 2 nitrogen and oxygen atoms in total. The SMILES string of the molecule is CC1(C)c2cc3ccccc3cc2-c2c(-c3ccccc3-c3cc(-c4ccc(-c5ccc(-c6ccccc6)cc5)cc4)nc(-c4ccccc4)n3)cccc21. The van der Waals surface area contributed by atoms with E-state index in [2.05, 4.69) is 190 Å². The second-order valence-corrected chi connectivity index (χ2v) is 15.0. The summed E-state index contributed by atoms with van der Waals surface area (Å²) < 4.78 is 0. The van der Waals surface area contributed by atoms with Crippen molar-refractivity contribution in [3.63, 3.8) is 0 Å². The lowest BCUT2D eigenvalue weighted by molar-refractivity contribution is 0.661. The third-order valence-electron chi connectivity index (χ3n) is 11.3. The second kappa shape index (κ2) is 13.2. The van der Waals surface area contributed by atoms with E-state index in [1.165, 1.54) is 60.8 Å². The first-order valence-electron chi connectivity index (χ1n) is 19.0. The second-order valence-electron chi connectivity index (χ2n) is 15.0. The van der Waals surface area contributed by atoms with Crippen LogP contribution in [0.25, 0.3) is 89.2 Å². The highest BCUT2D eigenvalue weighted by Gasteiger charge is 2.37. The molecule has 0 fully saturated rings. The first-order chi connectivity index (χ1) is 27.0. The number of hydrogen-bond acceptors (Lipinski definition) is 2. The van der Waals surface area contributed by atoms with Crippen LogP contribution in [0.3, 0.4) is 0 Å². The molecule has 0 radical (unpaired) electrons. The average molecular weight is 703 g/mol. The van der Waals surface area contributed by atoms with Crippen LogP contribution in [0.5, 0.6) is 0 Å². The Kier molecular flexibility index (Phi) is 7.85. The van der Waals surface area contributed by atoms with Crippen LogP contribution in [0.1, 0.15) is 25.0 Å². The predicted octanol–water partition coefficient (Wildman–Crippen LogP) is 13.9. The lowest BCUT2D eigenvalue weighted by Gasteiger charge is -2.22. The molecular formula is C53H38N2. The molecule has 9 aromatic rings. The number of rotatable bonds is 6. The summed E-state index contributed by atoms with van der Waals surface area (Å²) in [5.41, 5.74) is 17.3. The molecule has 1 heterocycles. The Morgan fingerprint density at radius 1 is 0.327 bits per heavy atom. The third-order valence-corrected chi connectivity index (χ3v) is 11.3. The summed E-state index contributed by atoms with van der Waals surface area (Å²) in [5.74, 6) is 0.708. The molecule has 55 heavy (non-hydrogen) atoms. The maximum atomic E-state index is 5.28. The Bertz CT molecular complexity index is 2850. The molecule has 0 amide bonds. The Morgan fingerprint density at radius 2 is 0.818 bits per heavy atom. The minimum absolute atomic E-state index is 0.127. The Labute approximate surface area is 322 Å². The molecule has 260 valence electrons. The average Bonchev–Trinajstić information content (AvgIpc) is 3.48. The van der Waals surface area contributed by atoms with Gasteiger partial charge in [-0.15, -0.1) is 0 Å². The molecule has 0 saturated carbocycles. The van der Waals surface area contributed by atoms with Gasteiger partial charge in [0.1, 0.15) is 0 Å². The number of benzene rings is 8. The van der Waals surface area contributed by atoms with Gasteiger partial charge in [-0.1, -0.05) is 190 Å². The lowest BCUT2D eigenvalue weighted by atomic mass is 9.81. The van der Waals surface area contributed by atoms with Gasteiger partial charge in [-0.25, -0.2) is 9.97 Å². The van der Waals surface area contributed by atoms with Crippen molar-refractivity contribution in [3.8, 4) is 78.4 Å². The Balaban J connectivity index is 1.09. The molecular weight excluding hydrogens is 665 g/mol. The van der Waals surface area contributed by atoms with Crippen molar-refractivity contribution in [1.82, 2.24) is 9.97 Å². The summed E-state index contributed by atoms with van der Waals surface area (Å²) in [7, 11) is 0. The Morgan fingerprint density at radius 3 is 1.47 bits per heavy atom. The normalized spacial score (nSPS) is 12.7. The van der Waals surface area contributed by atoms with Crippen molar-refractivity contribution < 1.29 is 0 Å². The predicted molar refractivity (Wildman–Crippen MR) is 230 cm³/mol. The molecule has 1 aliphatic carbocycles. The highest BCUT2D eigenvalue weighted by molar-refractivity contribution is 6.00. The first kappa shape index (κ1) is 32.7. The summed E-state index contributed by atoms with van der Waals surface area (Å²) >= 11 is 0. The maximum absolute atomic E-state index is 5.28. The van der Waals surface area contributed by atoms with E-state index in [1.807, 2.05) is 18.2 Å². The van der Waals surface area contributed by atoms with Gasteiger partial charge in [-0.3, -0.25) is 0 Å². The molecule has 0 spiro atoms. The minimum Gasteiger partial charge on any atom is -0.228 e. The molecule has 0 N–H and O–H groups in total. The fraction of sp³-hybridized carbons (Fsp3) is 0.0566. The minimum atomic E-state index is -0.127. The van der Waals surface area contributed by atoms with E-state index in [0.29, 0.717) is 5.82 Å². The molecule has 10 rings (SSSR count). The van der Waals surface area contributed by atoms with E-state index in [4.69, 9.17) is 9.97 Å². The van der Waals surface area contributed by atoms with Crippen LogP contribution < -0.4 is 0 Å². The molecule has 2 heteroatoms. The van der Waals surface area contributed by atoms with Crippen molar-refractivity contribution in [3.05, 3.63) is 205 Å². The number of fused-ring (bicyclic) bond motifs is 4. The van der Waals surface area contributed by atoms with E-state index in [1.54, 1.807) is 0 Å². The van der Waals surface area contributed by atoms with Gasteiger partial charge < -0.3 is 0 Å². The number of aromatic nitrogens is 2. The maximum Gasteiger partial charge on any atom is 0.160 e. The van der Waals surface area contributed by atoms with Crippen molar-refractivity contribution in [2.45, 2.75) is 19.3 Å². The summed E-state index contributed by atoms with van der Waals surface area (Å²) in [4.78, 5) is 10.5. The van der Waals surface area contributed by atoms with Crippen LogP contribution in [-0.2, 0) is 5.41 Å².